The maximum absolute atomic E-state index is 13.8. The van der Waals surface area contributed by atoms with Crippen LogP contribution in [0.4, 0.5) is 13.6 Å². The Morgan fingerprint density at radius 3 is 2.88 bits per heavy atom. The van der Waals surface area contributed by atoms with Crippen molar-refractivity contribution in [2.24, 2.45) is 5.92 Å². The van der Waals surface area contributed by atoms with Crippen LogP contribution in [0, 0.1) is 5.92 Å². The van der Waals surface area contributed by atoms with Crippen molar-refractivity contribution in [2.75, 3.05) is 0 Å². The molecule has 4 nitrogen and oxygen atoms in total. The van der Waals surface area contributed by atoms with Crippen LogP contribution in [-0.4, -0.2) is 16.2 Å². The van der Waals surface area contributed by atoms with Crippen LogP contribution in [0.15, 0.2) is 18.3 Å². The third kappa shape index (κ3) is 2.69. The van der Waals surface area contributed by atoms with Crippen LogP contribution in [0.5, 0.6) is 0 Å². The summed E-state index contributed by atoms with van der Waals surface area (Å²) in [6.45, 7) is -0.0656. The lowest BCUT2D eigenvalue weighted by molar-refractivity contribution is -0.0287. The number of carboxylic acid groups (broad SMARTS) is 1. The van der Waals surface area contributed by atoms with Gasteiger partial charge >= 0.3 is 6.09 Å². The lowest BCUT2D eigenvalue weighted by atomic mass is 10.0. The monoisotopic (exact) mass is 242 g/mol. The van der Waals surface area contributed by atoms with E-state index in [2.05, 4.69) is 10.3 Å². The van der Waals surface area contributed by atoms with E-state index in [1.54, 1.807) is 0 Å². The molecule has 1 aromatic rings. The molecule has 1 heterocycles. The third-order valence-electron chi connectivity index (χ3n) is 2.71. The Kier molecular flexibility index (Phi) is 2.95. The van der Waals surface area contributed by atoms with Gasteiger partial charge in [-0.2, -0.15) is 0 Å². The molecule has 0 aliphatic heterocycles. The summed E-state index contributed by atoms with van der Waals surface area (Å²) < 4.78 is 27.5. The summed E-state index contributed by atoms with van der Waals surface area (Å²) in [6, 6.07) is 2.54. The Morgan fingerprint density at radius 1 is 1.59 bits per heavy atom. The van der Waals surface area contributed by atoms with Crippen molar-refractivity contribution in [3.63, 3.8) is 0 Å². The molecule has 0 bridgehead atoms. The van der Waals surface area contributed by atoms with Crippen molar-refractivity contribution < 1.29 is 18.7 Å². The zero-order chi connectivity index (χ0) is 12.5. The summed E-state index contributed by atoms with van der Waals surface area (Å²) in [6.07, 6.45) is 1.16. The van der Waals surface area contributed by atoms with E-state index in [1.165, 1.54) is 18.3 Å². The highest BCUT2D eigenvalue weighted by molar-refractivity contribution is 5.64. The molecule has 1 saturated carbocycles. The normalized spacial score (nSPS) is 15.6. The molecule has 0 atom stereocenters. The molecule has 0 spiro atoms. The molecule has 0 aromatic carbocycles. The minimum atomic E-state index is -2.83. The van der Waals surface area contributed by atoms with E-state index in [4.69, 9.17) is 5.11 Å². The summed E-state index contributed by atoms with van der Waals surface area (Å²) in [5.74, 6) is -3.41. The van der Waals surface area contributed by atoms with E-state index in [0.717, 1.165) is 0 Å². The standard InChI is InChI=1S/C11H12F2N2O2/c12-11(13,7-1-2-7)8-3-4-14-9(5-8)6-15-10(16)17/h3-5,7,15H,1-2,6H2,(H,16,17). The van der Waals surface area contributed by atoms with E-state index in [9.17, 15) is 13.6 Å². The van der Waals surface area contributed by atoms with Crippen molar-refractivity contribution in [1.82, 2.24) is 10.3 Å². The van der Waals surface area contributed by atoms with Gasteiger partial charge in [-0.05, 0) is 25.0 Å². The second-order valence-corrected chi connectivity index (χ2v) is 4.09. The maximum atomic E-state index is 13.8. The molecular formula is C11H12F2N2O2. The van der Waals surface area contributed by atoms with Gasteiger partial charge in [0.05, 0.1) is 12.2 Å². The van der Waals surface area contributed by atoms with Gasteiger partial charge < -0.3 is 10.4 Å². The Bertz CT molecular complexity index is 433. The molecule has 1 aromatic heterocycles. The SMILES string of the molecule is O=C(O)NCc1cc(C(F)(F)C2CC2)ccn1. The Hall–Kier alpha value is -1.72. The molecule has 2 N–H and O–H groups in total. The topological polar surface area (TPSA) is 62.2 Å². The van der Waals surface area contributed by atoms with Gasteiger partial charge in [-0.15, -0.1) is 0 Å². The van der Waals surface area contributed by atoms with Gasteiger partial charge in [-0.25, -0.2) is 13.6 Å². The molecule has 0 unspecified atom stereocenters. The fourth-order valence-corrected chi connectivity index (χ4v) is 1.63. The van der Waals surface area contributed by atoms with E-state index < -0.39 is 17.9 Å². The number of hydrogen-bond donors (Lipinski definition) is 2. The summed E-state index contributed by atoms with van der Waals surface area (Å²) in [5, 5.41) is 10.5. The highest BCUT2D eigenvalue weighted by atomic mass is 19.3. The van der Waals surface area contributed by atoms with Gasteiger partial charge in [0, 0.05) is 17.7 Å². The second-order valence-electron chi connectivity index (χ2n) is 4.09. The van der Waals surface area contributed by atoms with E-state index in [-0.39, 0.29) is 12.1 Å². The smallest absolute Gasteiger partial charge is 0.404 e. The molecule has 92 valence electrons. The van der Waals surface area contributed by atoms with Crippen molar-refractivity contribution in [2.45, 2.75) is 25.3 Å². The van der Waals surface area contributed by atoms with Crippen molar-refractivity contribution in [3.8, 4) is 0 Å². The Morgan fingerprint density at radius 2 is 2.29 bits per heavy atom. The fourth-order valence-electron chi connectivity index (χ4n) is 1.63. The van der Waals surface area contributed by atoms with Crippen molar-refractivity contribution in [1.29, 1.82) is 0 Å². The van der Waals surface area contributed by atoms with Crippen LogP contribution in [0.25, 0.3) is 0 Å². The fraction of sp³-hybridized carbons (Fsp3) is 0.455. The first-order valence-electron chi connectivity index (χ1n) is 5.30. The van der Waals surface area contributed by atoms with Crippen LogP contribution in [-0.2, 0) is 12.5 Å². The van der Waals surface area contributed by atoms with Crippen LogP contribution < -0.4 is 5.32 Å². The van der Waals surface area contributed by atoms with Gasteiger partial charge in [0.2, 0.25) is 0 Å². The number of rotatable bonds is 4. The lowest BCUT2D eigenvalue weighted by Crippen LogP contribution is -2.22. The van der Waals surface area contributed by atoms with Gasteiger partial charge in [-0.1, -0.05) is 0 Å². The predicted molar refractivity (Wildman–Crippen MR) is 55.7 cm³/mol. The number of halogens is 2. The minimum absolute atomic E-state index is 0.0656. The maximum Gasteiger partial charge on any atom is 0.404 e. The zero-order valence-electron chi connectivity index (χ0n) is 8.99. The number of alkyl halides is 2. The number of nitrogens with zero attached hydrogens (tertiary/aromatic N) is 1. The molecule has 17 heavy (non-hydrogen) atoms. The van der Waals surface area contributed by atoms with Gasteiger partial charge in [0.15, 0.2) is 0 Å². The zero-order valence-corrected chi connectivity index (χ0v) is 8.99. The highest BCUT2D eigenvalue weighted by Crippen LogP contribution is 2.49. The lowest BCUT2D eigenvalue weighted by Gasteiger charge is -2.16. The van der Waals surface area contributed by atoms with Gasteiger partial charge in [0.25, 0.3) is 5.92 Å². The number of pyridine rings is 1. The number of amides is 1. The highest BCUT2D eigenvalue weighted by Gasteiger charge is 2.47. The van der Waals surface area contributed by atoms with Crippen LogP contribution in [0.3, 0.4) is 0 Å². The molecule has 1 aliphatic carbocycles. The Labute approximate surface area is 96.7 Å². The molecule has 0 saturated heterocycles. The van der Waals surface area contributed by atoms with E-state index in [1.807, 2.05) is 0 Å². The summed E-state index contributed by atoms with van der Waals surface area (Å²) in [5.41, 5.74) is 0.211. The number of nitrogens with one attached hydrogen (secondary N) is 1. The van der Waals surface area contributed by atoms with E-state index in [0.29, 0.717) is 18.5 Å². The second kappa shape index (κ2) is 4.27. The van der Waals surface area contributed by atoms with Crippen LogP contribution >= 0.6 is 0 Å². The molecule has 1 fully saturated rings. The first-order valence-corrected chi connectivity index (χ1v) is 5.30. The molecule has 1 aliphatic rings. The number of carbonyl (C=O) groups is 1. The summed E-state index contributed by atoms with van der Waals surface area (Å²) in [7, 11) is 0. The third-order valence-corrected chi connectivity index (χ3v) is 2.71. The quantitative estimate of drug-likeness (QED) is 0.851. The Balaban J connectivity index is 2.13. The average molecular weight is 242 g/mol. The first kappa shape index (κ1) is 11.8. The molecular weight excluding hydrogens is 230 g/mol. The number of aromatic nitrogens is 1. The first-order chi connectivity index (χ1) is 8.00. The molecule has 0 radical (unpaired) electrons. The minimum Gasteiger partial charge on any atom is -0.465 e. The van der Waals surface area contributed by atoms with Gasteiger partial charge in [0.1, 0.15) is 0 Å². The van der Waals surface area contributed by atoms with Crippen LogP contribution in [0.1, 0.15) is 24.1 Å². The summed E-state index contributed by atoms with van der Waals surface area (Å²) >= 11 is 0. The molecule has 1 amide bonds. The van der Waals surface area contributed by atoms with Crippen LogP contribution in [0.2, 0.25) is 0 Å². The van der Waals surface area contributed by atoms with Crippen molar-refractivity contribution >= 4 is 6.09 Å². The largest absolute Gasteiger partial charge is 0.465 e. The predicted octanol–water partition coefficient (Wildman–Crippen LogP) is 2.35. The van der Waals surface area contributed by atoms with E-state index >= 15 is 0 Å². The summed E-state index contributed by atoms with van der Waals surface area (Å²) in [4.78, 5) is 14.1. The van der Waals surface area contributed by atoms with Crippen molar-refractivity contribution in [3.05, 3.63) is 29.6 Å². The molecule has 6 heteroatoms. The molecule has 2 rings (SSSR count). The van der Waals surface area contributed by atoms with Gasteiger partial charge in [-0.3, -0.25) is 4.98 Å². The number of hydrogen-bond acceptors (Lipinski definition) is 2. The average Bonchev–Trinajstić information content (AvgIpc) is 3.11.